The smallest absolute Gasteiger partial charge is 0.0927 e. The van der Waals surface area contributed by atoms with Crippen molar-refractivity contribution < 1.29 is 0 Å². The molecule has 18 heavy (non-hydrogen) atoms. The Morgan fingerprint density at radius 2 is 1.61 bits per heavy atom. The molecule has 1 aromatic heterocycles. The van der Waals surface area contributed by atoms with Gasteiger partial charge in [0.15, 0.2) is 0 Å². The molecule has 2 rings (SSSR count). The van der Waals surface area contributed by atoms with Gasteiger partial charge in [-0.2, -0.15) is 0 Å². The summed E-state index contributed by atoms with van der Waals surface area (Å²) in [6.07, 6.45) is 0. The molecule has 2 heteroatoms. The molecule has 0 saturated carbocycles. The number of benzene rings is 1. The number of rotatable bonds is 2. The second-order valence-corrected chi connectivity index (χ2v) is 7.44. The van der Waals surface area contributed by atoms with Crippen molar-refractivity contribution in [2.24, 2.45) is 0 Å². The van der Waals surface area contributed by atoms with E-state index in [-0.39, 0.29) is 10.8 Å². The normalized spacial score (nSPS) is 13.6. The maximum atomic E-state index is 6.52. The van der Waals surface area contributed by atoms with Gasteiger partial charge in [-0.3, -0.25) is 0 Å². The van der Waals surface area contributed by atoms with Crippen molar-refractivity contribution in [3.05, 3.63) is 57.3 Å². The molecule has 1 atom stereocenters. The summed E-state index contributed by atoms with van der Waals surface area (Å²) in [7, 11) is 0. The minimum absolute atomic E-state index is 0.0299. The van der Waals surface area contributed by atoms with Crippen molar-refractivity contribution in [1.29, 1.82) is 0 Å². The summed E-state index contributed by atoms with van der Waals surface area (Å²) in [5.74, 6) is 0. The molecule has 0 fully saturated rings. The second kappa shape index (κ2) is 5.07. The molecule has 0 aliphatic heterocycles. The number of hydrogen-bond donors (Lipinski definition) is 0. The lowest BCUT2D eigenvalue weighted by molar-refractivity contribution is 0.590. The van der Waals surface area contributed by atoms with Crippen LogP contribution in [-0.4, -0.2) is 0 Å². The van der Waals surface area contributed by atoms with Gasteiger partial charge in [0.25, 0.3) is 0 Å². The van der Waals surface area contributed by atoms with E-state index in [1.165, 1.54) is 20.9 Å². The van der Waals surface area contributed by atoms with Crippen molar-refractivity contribution in [3.8, 4) is 0 Å². The highest BCUT2D eigenvalue weighted by atomic mass is 35.5. The van der Waals surface area contributed by atoms with Gasteiger partial charge in [0.1, 0.15) is 0 Å². The van der Waals surface area contributed by atoms with E-state index in [4.69, 9.17) is 11.6 Å². The third-order valence-corrected chi connectivity index (χ3v) is 4.76. The van der Waals surface area contributed by atoms with Gasteiger partial charge in [0.2, 0.25) is 0 Å². The maximum Gasteiger partial charge on any atom is 0.0927 e. The van der Waals surface area contributed by atoms with Crippen LogP contribution in [0, 0.1) is 6.92 Å². The largest absolute Gasteiger partial charge is 0.144 e. The Morgan fingerprint density at radius 3 is 2.06 bits per heavy atom. The molecule has 0 N–H and O–H groups in total. The number of aryl methyl sites for hydroxylation is 1. The molecule has 0 saturated heterocycles. The van der Waals surface area contributed by atoms with E-state index >= 15 is 0 Å². The standard InChI is InChI=1S/C16H19ClS/c1-11-5-10-14(18-11)15(17)12-6-8-13(9-7-12)16(2,3)4/h5-10,15H,1-4H3. The predicted molar refractivity (Wildman–Crippen MR) is 81.9 cm³/mol. The van der Waals surface area contributed by atoms with Crippen LogP contribution >= 0.6 is 22.9 Å². The lowest BCUT2D eigenvalue weighted by Crippen LogP contribution is -2.10. The molecule has 0 aliphatic rings. The second-order valence-electron chi connectivity index (χ2n) is 5.68. The van der Waals surface area contributed by atoms with Crippen molar-refractivity contribution in [2.45, 2.75) is 38.5 Å². The number of halogens is 1. The average molecular weight is 279 g/mol. The highest BCUT2D eigenvalue weighted by Gasteiger charge is 2.16. The van der Waals surface area contributed by atoms with Crippen molar-refractivity contribution in [3.63, 3.8) is 0 Å². The van der Waals surface area contributed by atoms with Crippen molar-refractivity contribution in [2.75, 3.05) is 0 Å². The molecule has 0 spiro atoms. The molecule has 1 heterocycles. The van der Waals surface area contributed by atoms with Gasteiger partial charge in [-0.05, 0) is 35.6 Å². The van der Waals surface area contributed by atoms with Crippen LogP contribution in [0.5, 0.6) is 0 Å². The summed E-state index contributed by atoms with van der Waals surface area (Å²) in [6, 6.07) is 12.9. The Hall–Kier alpha value is -0.790. The fourth-order valence-electron chi connectivity index (χ4n) is 1.91. The molecule has 0 aliphatic carbocycles. The highest BCUT2D eigenvalue weighted by molar-refractivity contribution is 7.12. The molecular formula is C16H19ClS. The number of hydrogen-bond acceptors (Lipinski definition) is 1. The fourth-order valence-corrected chi connectivity index (χ4v) is 3.14. The van der Waals surface area contributed by atoms with E-state index in [1.807, 2.05) is 0 Å². The number of thiophene rings is 1. The van der Waals surface area contributed by atoms with Gasteiger partial charge in [0, 0.05) is 9.75 Å². The van der Waals surface area contributed by atoms with Crippen LogP contribution in [0.2, 0.25) is 0 Å². The van der Waals surface area contributed by atoms with Crippen LogP contribution in [0.4, 0.5) is 0 Å². The Kier molecular flexibility index (Phi) is 3.84. The fraction of sp³-hybridized carbons (Fsp3) is 0.375. The minimum Gasteiger partial charge on any atom is -0.144 e. The Morgan fingerprint density at radius 1 is 1.00 bits per heavy atom. The molecule has 0 nitrogen and oxygen atoms in total. The average Bonchev–Trinajstić information content (AvgIpc) is 2.74. The first-order valence-corrected chi connectivity index (χ1v) is 7.44. The van der Waals surface area contributed by atoms with Crippen LogP contribution in [0.25, 0.3) is 0 Å². The topological polar surface area (TPSA) is 0 Å². The number of alkyl halides is 1. The lowest BCUT2D eigenvalue weighted by atomic mass is 9.86. The van der Waals surface area contributed by atoms with E-state index in [0.29, 0.717) is 0 Å². The monoisotopic (exact) mass is 278 g/mol. The first-order valence-electron chi connectivity index (χ1n) is 6.19. The van der Waals surface area contributed by atoms with E-state index in [9.17, 15) is 0 Å². The van der Waals surface area contributed by atoms with Gasteiger partial charge in [-0.15, -0.1) is 22.9 Å². The zero-order valence-electron chi connectivity index (χ0n) is 11.3. The van der Waals surface area contributed by atoms with Crippen LogP contribution < -0.4 is 0 Å². The summed E-state index contributed by atoms with van der Waals surface area (Å²) in [6.45, 7) is 8.79. The molecule has 2 aromatic rings. The summed E-state index contributed by atoms with van der Waals surface area (Å²) in [4.78, 5) is 2.53. The molecule has 0 amide bonds. The Balaban J connectivity index is 2.24. The predicted octanol–water partition coefficient (Wildman–Crippen LogP) is 5.68. The quantitative estimate of drug-likeness (QED) is 0.620. The highest BCUT2D eigenvalue weighted by Crippen LogP contribution is 2.34. The molecular weight excluding hydrogens is 260 g/mol. The third-order valence-electron chi connectivity index (χ3n) is 3.08. The van der Waals surface area contributed by atoms with Crippen molar-refractivity contribution in [1.82, 2.24) is 0 Å². The van der Waals surface area contributed by atoms with Gasteiger partial charge in [-0.25, -0.2) is 0 Å². The van der Waals surface area contributed by atoms with Crippen LogP contribution in [0.15, 0.2) is 36.4 Å². The van der Waals surface area contributed by atoms with Gasteiger partial charge in [0.05, 0.1) is 5.38 Å². The molecule has 0 radical (unpaired) electrons. The summed E-state index contributed by atoms with van der Waals surface area (Å²) in [5, 5.41) is -0.0299. The third kappa shape index (κ3) is 2.96. The lowest BCUT2D eigenvalue weighted by Gasteiger charge is -2.19. The van der Waals surface area contributed by atoms with E-state index in [2.05, 4.69) is 64.1 Å². The van der Waals surface area contributed by atoms with Crippen LogP contribution in [-0.2, 0) is 5.41 Å². The van der Waals surface area contributed by atoms with Gasteiger partial charge < -0.3 is 0 Å². The maximum absolute atomic E-state index is 6.52. The zero-order chi connectivity index (χ0) is 13.3. The molecule has 1 unspecified atom stereocenters. The summed E-state index contributed by atoms with van der Waals surface area (Å²) in [5.41, 5.74) is 2.71. The molecule has 96 valence electrons. The van der Waals surface area contributed by atoms with Gasteiger partial charge in [-0.1, -0.05) is 45.0 Å². The van der Waals surface area contributed by atoms with E-state index in [1.54, 1.807) is 11.3 Å². The summed E-state index contributed by atoms with van der Waals surface area (Å²) < 4.78 is 0. The first-order chi connectivity index (χ1) is 8.38. The molecule has 1 aromatic carbocycles. The van der Waals surface area contributed by atoms with Crippen LogP contribution in [0.1, 0.15) is 47.0 Å². The SMILES string of the molecule is Cc1ccc(C(Cl)c2ccc(C(C)(C)C)cc2)s1. The van der Waals surface area contributed by atoms with Gasteiger partial charge >= 0.3 is 0 Å². The first kappa shape index (κ1) is 13.6. The Bertz CT molecular complexity index is 517. The van der Waals surface area contributed by atoms with E-state index in [0.717, 1.165) is 0 Å². The van der Waals surface area contributed by atoms with Crippen molar-refractivity contribution >= 4 is 22.9 Å². The molecule has 0 bridgehead atoms. The van der Waals surface area contributed by atoms with E-state index < -0.39 is 0 Å². The summed E-state index contributed by atoms with van der Waals surface area (Å²) >= 11 is 8.29. The zero-order valence-corrected chi connectivity index (χ0v) is 12.9. The van der Waals surface area contributed by atoms with Crippen LogP contribution in [0.3, 0.4) is 0 Å². The minimum atomic E-state index is -0.0299. The Labute approximate surface area is 119 Å².